The number of aldehydes is 1. The van der Waals surface area contributed by atoms with Gasteiger partial charge in [0.25, 0.3) is 0 Å². The fourth-order valence-corrected chi connectivity index (χ4v) is 2.36. The van der Waals surface area contributed by atoms with E-state index in [1.54, 1.807) is 11.3 Å². The first-order valence-corrected chi connectivity index (χ1v) is 5.90. The normalized spacial score (nSPS) is 10.2. The average molecular weight is 216 g/mol. The maximum atomic E-state index is 10.8. The van der Waals surface area contributed by atoms with Crippen molar-refractivity contribution in [2.45, 2.75) is 13.3 Å². The van der Waals surface area contributed by atoms with Crippen LogP contribution in [0.2, 0.25) is 0 Å². The minimum absolute atomic E-state index is 0.782. The first-order valence-electron chi connectivity index (χ1n) is 4.96. The number of carbonyl (C=O) groups excluding carboxylic acids is 1. The van der Waals surface area contributed by atoms with Crippen LogP contribution in [0.4, 0.5) is 0 Å². The molecule has 1 aromatic heterocycles. The number of benzene rings is 1. The Hall–Kier alpha value is -1.41. The monoisotopic (exact) mass is 216 g/mol. The first-order chi connectivity index (χ1) is 7.35. The Bertz CT molecular complexity index is 454. The third-order valence-corrected chi connectivity index (χ3v) is 3.25. The molecule has 2 rings (SSSR count). The minimum Gasteiger partial charge on any atom is -0.298 e. The van der Waals surface area contributed by atoms with Crippen LogP contribution in [0.5, 0.6) is 0 Å². The van der Waals surface area contributed by atoms with Gasteiger partial charge in [-0.25, -0.2) is 0 Å². The van der Waals surface area contributed by atoms with Gasteiger partial charge in [-0.3, -0.25) is 4.79 Å². The summed E-state index contributed by atoms with van der Waals surface area (Å²) < 4.78 is 0. The second-order valence-electron chi connectivity index (χ2n) is 3.41. The van der Waals surface area contributed by atoms with Crippen molar-refractivity contribution in [3.63, 3.8) is 0 Å². The van der Waals surface area contributed by atoms with Gasteiger partial charge >= 0.3 is 0 Å². The van der Waals surface area contributed by atoms with Crippen molar-refractivity contribution in [2.75, 3.05) is 0 Å². The van der Waals surface area contributed by atoms with Gasteiger partial charge in [-0.1, -0.05) is 31.2 Å². The molecule has 2 aromatic rings. The van der Waals surface area contributed by atoms with E-state index in [1.165, 1.54) is 5.56 Å². The average Bonchev–Trinajstić information content (AvgIpc) is 2.77. The Morgan fingerprint density at radius 2 is 1.93 bits per heavy atom. The van der Waals surface area contributed by atoms with Crippen LogP contribution in [0, 0.1) is 0 Å². The van der Waals surface area contributed by atoms with Crippen LogP contribution in [-0.4, -0.2) is 6.29 Å². The fraction of sp³-hybridized carbons (Fsp3) is 0.154. The van der Waals surface area contributed by atoms with Crippen molar-refractivity contribution in [1.82, 2.24) is 0 Å². The van der Waals surface area contributed by atoms with Crippen LogP contribution < -0.4 is 0 Å². The quantitative estimate of drug-likeness (QED) is 0.713. The molecular formula is C13H12OS. The number of hydrogen-bond donors (Lipinski definition) is 0. The van der Waals surface area contributed by atoms with Gasteiger partial charge in [0.2, 0.25) is 0 Å². The molecule has 0 aliphatic heterocycles. The summed E-state index contributed by atoms with van der Waals surface area (Å²) in [6.07, 6.45) is 1.96. The van der Waals surface area contributed by atoms with Crippen molar-refractivity contribution in [3.8, 4) is 11.1 Å². The van der Waals surface area contributed by atoms with Gasteiger partial charge < -0.3 is 0 Å². The van der Waals surface area contributed by atoms with Crippen LogP contribution in [0.25, 0.3) is 11.1 Å². The zero-order valence-corrected chi connectivity index (χ0v) is 9.38. The predicted molar refractivity (Wildman–Crippen MR) is 64.5 cm³/mol. The van der Waals surface area contributed by atoms with Gasteiger partial charge in [0.05, 0.1) is 0 Å². The zero-order chi connectivity index (χ0) is 10.7. The van der Waals surface area contributed by atoms with Crippen molar-refractivity contribution >= 4 is 17.6 Å². The van der Waals surface area contributed by atoms with Gasteiger partial charge in [0, 0.05) is 16.5 Å². The number of carbonyl (C=O) groups is 1. The molecule has 0 aliphatic rings. The number of thiophene rings is 1. The van der Waals surface area contributed by atoms with E-state index >= 15 is 0 Å². The maximum absolute atomic E-state index is 10.8. The molecule has 0 N–H and O–H groups in total. The van der Waals surface area contributed by atoms with E-state index in [0.717, 1.165) is 29.4 Å². The molecule has 0 fully saturated rings. The Morgan fingerprint density at radius 1 is 1.20 bits per heavy atom. The molecule has 1 heterocycles. The van der Waals surface area contributed by atoms with E-state index in [9.17, 15) is 4.79 Å². The highest BCUT2D eigenvalue weighted by Crippen LogP contribution is 2.26. The molecule has 1 nitrogen and oxygen atoms in total. The van der Waals surface area contributed by atoms with Crippen LogP contribution in [0.1, 0.15) is 22.8 Å². The van der Waals surface area contributed by atoms with E-state index in [2.05, 4.69) is 31.2 Å². The van der Waals surface area contributed by atoms with Gasteiger partial charge in [-0.2, -0.15) is 11.3 Å². The summed E-state index contributed by atoms with van der Waals surface area (Å²) in [7, 11) is 0. The molecule has 76 valence electrons. The van der Waals surface area contributed by atoms with Gasteiger partial charge in [0.1, 0.15) is 0 Å². The number of rotatable bonds is 3. The Morgan fingerprint density at radius 3 is 2.53 bits per heavy atom. The largest absolute Gasteiger partial charge is 0.298 e. The van der Waals surface area contributed by atoms with Gasteiger partial charge in [-0.05, 0) is 22.9 Å². The van der Waals surface area contributed by atoms with Crippen molar-refractivity contribution in [2.24, 2.45) is 0 Å². The van der Waals surface area contributed by atoms with E-state index in [1.807, 2.05) is 10.8 Å². The molecule has 0 atom stereocenters. The smallest absolute Gasteiger partial charge is 0.151 e. The van der Waals surface area contributed by atoms with Crippen LogP contribution in [0.3, 0.4) is 0 Å². The fourth-order valence-electron chi connectivity index (χ4n) is 1.55. The van der Waals surface area contributed by atoms with Crippen molar-refractivity contribution in [1.29, 1.82) is 0 Å². The van der Waals surface area contributed by atoms with E-state index in [-0.39, 0.29) is 0 Å². The third kappa shape index (κ3) is 2.00. The molecule has 0 bridgehead atoms. The van der Waals surface area contributed by atoms with Gasteiger partial charge in [-0.15, -0.1) is 0 Å². The first kappa shape index (κ1) is 10.1. The van der Waals surface area contributed by atoms with E-state index in [0.29, 0.717) is 0 Å². The molecule has 0 spiro atoms. The predicted octanol–water partition coefficient (Wildman–Crippen LogP) is 3.79. The molecule has 0 saturated heterocycles. The summed E-state index contributed by atoms with van der Waals surface area (Å²) >= 11 is 1.56. The lowest BCUT2D eigenvalue weighted by atomic mass is 10.0. The van der Waals surface area contributed by atoms with Crippen molar-refractivity contribution < 1.29 is 4.79 Å². The number of aryl methyl sites for hydroxylation is 1. The Balaban J connectivity index is 2.41. The number of hydrogen-bond acceptors (Lipinski definition) is 2. The molecule has 0 amide bonds. The lowest BCUT2D eigenvalue weighted by molar-refractivity contribution is 0.112. The van der Waals surface area contributed by atoms with Crippen molar-refractivity contribution in [3.05, 3.63) is 46.2 Å². The Labute approximate surface area is 93.4 Å². The summed E-state index contributed by atoms with van der Waals surface area (Å²) in [6.45, 7) is 2.14. The van der Waals surface area contributed by atoms with Gasteiger partial charge in [0.15, 0.2) is 6.29 Å². The highest BCUT2D eigenvalue weighted by Gasteiger charge is 2.04. The van der Waals surface area contributed by atoms with Crippen LogP contribution in [0.15, 0.2) is 35.0 Å². The standard InChI is InChI=1S/C13H12OS/c1-2-10-3-5-11(6-4-10)13-9-15-8-12(13)7-14/h3-9H,2H2,1H3. The lowest BCUT2D eigenvalue weighted by Crippen LogP contribution is -1.83. The molecule has 15 heavy (non-hydrogen) atoms. The van der Waals surface area contributed by atoms with Crippen LogP contribution in [-0.2, 0) is 6.42 Å². The Kier molecular flexibility index (Phi) is 2.97. The highest BCUT2D eigenvalue weighted by molar-refractivity contribution is 7.08. The molecule has 1 aromatic carbocycles. The second-order valence-corrected chi connectivity index (χ2v) is 4.15. The van der Waals surface area contributed by atoms with Crippen LogP contribution >= 0.6 is 11.3 Å². The maximum Gasteiger partial charge on any atom is 0.151 e. The molecule has 0 radical (unpaired) electrons. The zero-order valence-electron chi connectivity index (χ0n) is 8.57. The molecule has 0 unspecified atom stereocenters. The SMILES string of the molecule is CCc1ccc(-c2cscc2C=O)cc1. The summed E-state index contributed by atoms with van der Waals surface area (Å²) in [5, 5.41) is 3.90. The van der Waals surface area contributed by atoms with E-state index in [4.69, 9.17) is 0 Å². The lowest BCUT2D eigenvalue weighted by Gasteiger charge is -2.01. The molecular weight excluding hydrogens is 204 g/mol. The molecule has 0 saturated carbocycles. The minimum atomic E-state index is 0.782. The summed E-state index contributed by atoms with van der Waals surface area (Å²) in [4.78, 5) is 10.8. The summed E-state index contributed by atoms with van der Waals surface area (Å²) in [5.74, 6) is 0. The summed E-state index contributed by atoms with van der Waals surface area (Å²) in [5.41, 5.74) is 4.26. The molecule has 2 heteroatoms. The van der Waals surface area contributed by atoms with E-state index < -0.39 is 0 Å². The molecule has 0 aliphatic carbocycles. The second kappa shape index (κ2) is 4.41. The summed E-state index contributed by atoms with van der Waals surface area (Å²) in [6, 6.07) is 8.38. The third-order valence-electron chi connectivity index (χ3n) is 2.49. The topological polar surface area (TPSA) is 17.1 Å². The highest BCUT2D eigenvalue weighted by atomic mass is 32.1.